The molecule has 0 radical (unpaired) electrons. The molecule has 0 heterocycles. The lowest BCUT2D eigenvalue weighted by atomic mass is 9.85. The van der Waals surface area contributed by atoms with E-state index >= 15 is 0 Å². The first kappa shape index (κ1) is 20.5. The summed E-state index contributed by atoms with van der Waals surface area (Å²) in [5.74, 6) is 0.652. The topological polar surface area (TPSA) is 20.2 Å². The molecule has 0 amide bonds. The van der Waals surface area contributed by atoms with Crippen molar-refractivity contribution in [2.24, 2.45) is 5.92 Å². The third-order valence-corrected chi connectivity index (χ3v) is 4.78. The summed E-state index contributed by atoms with van der Waals surface area (Å²) in [7, 11) is 0. The standard InChI is InChI=1S/C17H34Cl2O/c1-4-5-6-7-8-9-10-11-12-15(17(2,3)19)13-16(20)14-18/h15-16,20H,4-14H2,1-3H3. The average molecular weight is 325 g/mol. The molecule has 0 spiro atoms. The number of rotatable bonds is 13. The first-order valence-electron chi connectivity index (χ1n) is 8.34. The first-order chi connectivity index (χ1) is 9.41. The van der Waals surface area contributed by atoms with Crippen LogP contribution < -0.4 is 0 Å². The number of halogens is 2. The molecule has 0 aliphatic heterocycles. The van der Waals surface area contributed by atoms with Crippen LogP contribution in [-0.2, 0) is 0 Å². The van der Waals surface area contributed by atoms with Gasteiger partial charge in [-0.05, 0) is 32.6 Å². The Morgan fingerprint density at radius 2 is 1.45 bits per heavy atom. The van der Waals surface area contributed by atoms with Crippen LogP contribution in [0, 0.1) is 5.92 Å². The molecule has 0 aliphatic rings. The quantitative estimate of drug-likeness (QED) is 0.318. The average Bonchev–Trinajstić information content (AvgIpc) is 2.38. The Kier molecular flexibility index (Phi) is 12.4. The van der Waals surface area contributed by atoms with E-state index in [1.165, 1.54) is 51.4 Å². The maximum absolute atomic E-state index is 9.72. The molecule has 20 heavy (non-hydrogen) atoms. The second-order valence-corrected chi connectivity index (χ2v) is 7.85. The van der Waals surface area contributed by atoms with E-state index in [-0.39, 0.29) is 4.87 Å². The second-order valence-electron chi connectivity index (χ2n) is 6.57. The van der Waals surface area contributed by atoms with E-state index in [4.69, 9.17) is 23.2 Å². The SMILES string of the molecule is CCCCCCCCCCC(CC(O)CCl)C(C)(C)Cl. The van der Waals surface area contributed by atoms with Gasteiger partial charge in [-0.3, -0.25) is 0 Å². The Morgan fingerprint density at radius 3 is 1.90 bits per heavy atom. The van der Waals surface area contributed by atoms with Gasteiger partial charge in [0.25, 0.3) is 0 Å². The molecule has 0 bridgehead atoms. The summed E-state index contributed by atoms with van der Waals surface area (Å²) < 4.78 is 0. The lowest BCUT2D eigenvalue weighted by Crippen LogP contribution is -2.29. The molecular weight excluding hydrogens is 291 g/mol. The fraction of sp³-hybridized carbons (Fsp3) is 1.00. The lowest BCUT2D eigenvalue weighted by Gasteiger charge is -2.30. The molecule has 0 aromatic heterocycles. The summed E-state index contributed by atoms with van der Waals surface area (Å²) >= 11 is 12.1. The summed E-state index contributed by atoms with van der Waals surface area (Å²) in [6.45, 7) is 6.35. The van der Waals surface area contributed by atoms with E-state index in [2.05, 4.69) is 6.92 Å². The van der Waals surface area contributed by atoms with Crippen LogP contribution in [0.15, 0.2) is 0 Å². The molecular formula is C17H34Cl2O. The van der Waals surface area contributed by atoms with Crippen LogP contribution in [0.1, 0.15) is 85.0 Å². The van der Waals surface area contributed by atoms with Crippen LogP contribution in [0.4, 0.5) is 0 Å². The van der Waals surface area contributed by atoms with Crippen molar-refractivity contribution in [3.8, 4) is 0 Å². The van der Waals surface area contributed by atoms with Gasteiger partial charge in [-0.25, -0.2) is 0 Å². The maximum Gasteiger partial charge on any atom is 0.0678 e. The van der Waals surface area contributed by atoms with Crippen molar-refractivity contribution in [2.45, 2.75) is 96.0 Å². The third kappa shape index (κ3) is 11.2. The van der Waals surface area contributed by atoms with Gasteiger partial charge >= 0.3 is 0 Å². The van der Waals surface area contributed by atoms with E-state index in [1.54, 1.807) is 0 Å². The van der Waals surface area contributed by atoms with E-state index in [0.717, 1.165) is 12.8 Å². The van der Waals surface area contributed by atoms with Crippen molar-refractivity contribution >= 4 is 23.2 Å². The van der Waals surface area contributed by atoms with Crippen molar-refractivity contribution in [2.75, 3.05) is 5.88 Å². The van der Waals surface area contributed by atoms with Crippen LogP contribution in [-0.4, -0.2) is 22.0 Å². The zero-order valence-corrected chi connectivity index (χ0v) is 15.1. The minimum Gasteiger partial charge on any atom is -0.392 e. The molecule has 2 atom stereocenters. The van der Waals surface area contributed by atoms with Gasteiger partial charge in [0.15, 0.2) is 0 Å². The second kappa shape index (κ2) is 12.1. The summed E-state index contributed by atoms with van der Waals surface area (Å²) in [6.07, 6.45) is 12.0. The molecule has 1 nitrogen and oxygen atoms in total. The Bertz CT molecular complexity index is 214. The third-order valence-electron chi connectivity index (χ3n) is 4.11. The van der Waals surface area contributed by atoms with Crippen molar-refractivity contribution in [1.82, 2.24) is 0 Å². The predicted molar refractivity (Wildman–Crippen MR) is 92.0 cm³/mol. The molecule has 0 saturated heterocycles. The number of aliphatic hydroxyl groups is 1. The monoisotopic (exact) mass is 324 g/mol. The van der Waals surface area contributed by atoms with Crippen LogP contribution in [0.5, 0.6) is 0 Å². The van der Waals surface area contributed by atoms with Crippen LogP contribution in [0.2, 0.25) is 0 Å². The summed E-state index contributed by atoms with van der Waals surface area (Å²) in [5, 5.41) is 9.72. The summed E-state index contributed by atoms with van der Waals surface area (Å²) in [4.78, 5) is -0.256. The maximum atomic E-state index is 9.72. The number of aliphatic hydroxyl groups excluding tert-OH is 1. The molecule has 2 unspecified atom stereocenters. The molecule has 3 heteroatoms. The van der Waals surface area contributed by atoms with Crippen molar-refractivity contribution in [3.05, 3.63) is 0 Å². The smallest absolute Gasteiger partial charge is 0.0678 e. The Labute approximate surface area is 136 Å². The van der Waals surface area contributed by atoms with Crippen LogP contribution in [0.25, 0.3) is 0 Å². The van der Waals surface area contributed by atoms with Crippen molar-refractivity contribution in [1.29, 1.82) is 0 Å². The van der Waals surface area contributed by atoms with E-state index in [9.17, 15) is 5.11 Å². The van der Waals surface area contributed by atoms with E-state index in [0.29, 0.717) is 11.8 Å². The highest BCUT2D eigenvalue weighted by Gasteiger charge is 2.28. The fourth-order valence-corrected chi connectivity index (χ4v) is 2.98. The van der Waals surface area contributed by atoms with Crippen LogP contribution >= 0.6 is 23.2 Å². The molecule has 122 valence electrons. The Balaban J connectivity index is 3.75. The van der Waals surface area contributed by atoms with Gasteiger partial charge in [0, 0.05) is 10.8 Å². The number of unbranched alkanes of at least 4 members (excludes halogenated alkanes) is 7. The predicted octanol–water partition coefficient (Wildman–Crippen LogP) is 6.14. The van der Waals surface area contributed by atoms with Gasteiger partial charge in [0.2, 0.25) is 0 Å². The summed E-state index contributed by atoms with van der Waals surface area (Å²) in [5.41, 5.74) is 0. The molecule has 0 aliphatic carbocycles. The van der Waals surface area contributed by atoms with Crippen molar-refractivity contribution < 1.29 is 5.11 Å². The van der Waals surface area contributed by atoms with E-state index < -0.39 is 6.10 Å². The van der Waals surface area contributed by atoms with Crippen molar-refractivity contribution in [3.63, 3.8) is 0 Å². The molecule has 0 aromatic rings. The fourth-order valence-electron chi connectivity index (χ4n) is 2.66. The highest BCUT2D eigenvalue weighted by Crippen LogP contribution is 2.33. The highest BCUT2D eigenvalue weighted by molar-refractivity contribution is 6.23. The first-order valence-corrected chi connectivity index (χ1v) is 9.26. The normalized spacial score (nSPS) is 15.3. The Morgan fingerprint density at radius 1 is 0.950 bits per heavy atom. The number of hydrogen-bond acceptors (Lipinski definition) is 1. The molecule has 0 aromatic carbocycles. The highest BCUT2D eigenvalue weighted by atomic mass is 35.5. The van der Waals surface area contributed by atoms with E-state index in [1.807, 2.05) is 13.8 Å². The minimum atomic E-state index is -0.422. The zero-order chi connectivity index (χ0) is 15.4. The number of hydrogen-bond donors (Lipinski definition) is 1. The van der Waals surface area contributed by atoms with Gasteiger partial charge in [-0.1, -0.05) is 58.3 Å². The zero-order valence-electron chi connectivity index (χ0n) is 13.6. The van der Waals surface area contributed by atoms with Gasteiger partial charge in [0.05, 0.1) is 6.10 Å². The molecule has 1 N–H and O–H groups in total. The van der Waals surface area contributed by atoms with Crippen LogP contribution in [0.3, 0.4) is 0 Å². The van der Waals surface area contributed by atoms with Gasteiger partial charge in [-0.2, -0.15) is 0 Å². The van der Waals surface area contributed by atoms with Gasteiger partial charge < -0.3 is 5.11 Å². The summed E-state index contributed by atoms with van der Waals surface area (Å²) in [6, 6.07) is 0. The molecule has 0 fully saturated rings. The largest absolute Gasteiger partial charge is 0.392 e. The minimum absolute atomic E-state index is 0.256. The Hall–Kier alpha value is 0.540. The van der Waals surface area contributed by atoms with Gasteiger partial charge in [-0.15, -0.1) is 23.2 Å². The molecule has 0 rings (SSSR count). The van der Waals surface area contributed by atoms with Gasteiger partial charge in [0.1, 0.15) is 0 Å². The molecule has 0 saturated carbocycles. The number of alkyl halides is 2. The lowest BCUT2D eigenvalue weighted by molar-refractivity contribution is 0.148.